The Morgan fingerprint density at radius 2 is 2.29 bits per heavy atom. The van der Waals surface area contributed by atoms with Crippen LogP contribution in [0.25, 0.3) is 0 Å². The first-order chi connectivity index (χ1) is 10.2. The van der Waals surface area contributed by atoms with Gasteiger partial charge in [0.1, 0.15) is 5.82 Å². The highest BCUT2D eigenvalue weighted by atomic mass is 32.1. The Balaban J connectivity index is 1.58. The van der Waals surface area contributed by atoms with Crippen LogP contribution in [0.1, 0.15) is 22.6 Å². The van der Waals surface area contributed by atoms with Crippen molar-refractivity contribution in [1.29, 1.82) is 0 Å². The number of hydrogen-bond donors (Lipinski definition) is 0. The molecule has 1 aliphatic rings. The second kappa shape index (κ2) is 6.32. The van der Waals surface area contributed by atoms with Crippen LogP contribution in [-0.2, 0) is 6.54 Å². The molecule has 3 rings (SSSR count). The van der Waals surface area contributed by atoms with Gasteiger partial charge in [0, 0.05) is 36.9 Å². The van der Waals surface area contributed by atoms with Crippen LogP contribution in [-0.4, -0.2) is 51.9 Å². The highest BCUT2D eigenvalue weighted by Gasteiger charge is 2.29. The Kier molecular flexibility index (Phi) is 4.26. The quantitative estimate of drug-likeness (QED) is 0.865. The van der Waals surface area contributed by atoms with Gasteiger partial charge < -0.3 is 4.90 Å². The van der Waals surface area contributed by atoms with Gasteiger partial charge >= 0.3 is 0 Å². The molecule has 1 atom stereocenters. The second-order valence-corrected chi connectivity index (χ2v) is 6.07. The number of amides is 1. The van der Waals surface area contributed by atoms with Crippen molar-refractivity contribution >= 4 is 17.2 Å². The van der Waals surface area contributed by atoms with Crippen LogP contribution in [0.2, 0.25) is 0 Å². The number of thiophene rings is 1. The lowest BCUT2D eigenvalue weighted by Crippen LogP contribution is -2.36. The monoisotopic (exact) mass is 302 g/mol. The Morgan fingerprint density at radius 1 is 1.48 bits per heavy atom. The molecule has 1 amide bonds. The van der Waals surface area contributed by atoms with E-state index >= 15 is 0 Å². The number of aromatic nitrogens is 2. The van der Waals surface area contributed by atoms with Crippen molar-refractivity contribution in [2.75, 3.05) is 20.1 Å². The molecule has 21 heavy (non-hydrogen) atoms. The molecule has 3 heterocycles. The highest BCUT2D eigenvalue weighted by molar-refractivity contribution is 7.08. The molecule has 6 heteroatoms. The third-order valence-corrected chi connectivity index (χ3v) is 4.54. The van der Waals surface area contributed by atoms with E-state index in [-0.39, 0.29) is 5.91 Å². The molecular formula is C15H18N4OS. The minimum Gasteiger partial charge on any atom is -0.337 e. The molecule has 1 fully saturated rings. The summed E-state index contributed by atoms with van der Waals surface area (Å²) in [7, 11) is 2.07. The zero-order valence-electron chi connectivity index (χ0n) is 12.0. The van der Waals surface area contributed by atoms with E-state index < -0.39 is 0 Å². The molecule has 5 nitrogen and oxygen atoms in total. The molecule has 2 aromatic rings. The maximum atomic E-state index is 12.3. The largest absolute Gasteiger partial charge is 0.337 e. The first-order valence-electron chi connectivity index (χ1n) is 7.01. The molecule has 0 spiro atoms. The zero-order valence-corrected chi connectivity index (χ0v) is 12.8. The van der Waals surface area contributed by atoms with Gasteiger partial charge in [0.25, 0.3) is 5.91 Å². The van der Waals surface area contributed by atoms with E-state index in [9.17, 15) is 4.79 Å². The lowest BCUT2D eigenvalue weighted by Gasteiger charge is -2.23. The number of nitrogens with zero attached hydrogens (tertiary/aromatic N) is 4. The summed E-state index contributed by atoms with van der Waals surface area (Å²) in [6.45, 7) is 2.31. The average molecular weight is 302 g/mol. The summed E-state index contributed by atoms with van der Waals surface area (Å²) in [6, 6.07) is 4.08. The van der Waals surface area contributed by atoms with Crippen molar-refractivity contribution in [3.63, 3.8) is 0 Å². The molecule has 0 bridgehead atoms. The van der Waals surface area contributed by atoms with Crippen molar-refractivity contribution in [1.82, 2.24) is 19.8 Å². The molecular weight excluding hydrogens is 284 g/mol. The lowest BCUT2D eigenvalue weighted by molar-refractivity contribution is 0.0780. The van der Waals surface area contributed by atoms with Gasteiger partial charge in [0.15, 0.2) is 0 Å². The van der Waals surface area contributed by atoms with Crippen molar-refractivity contribution < 1.29 is 4.79 Å². The van der Waals surface area contributed by atoms with Crippen molar-refractivity contribution in [2.45, 2.75) is 19.0 Å². The van der Waals surface area contributed by atoms with Crippen LogP contribution in [0.15, 0.2) is 35.3 Å². The minimum absolute atomic E-state index is 0.142. The third-order valence-electron chi connectivity index (χ3n) is 3.85. The Labute approximate surface area is 128 Å². The maximum absolute atomic E-state index is 12.3. The maximum Gasteiger partial charge on any atom is 0.254 e. The van der Waals surface area contributed by atoms with Gasteiger partial charge in [-0.15, -0.1) is 0 Å². The summed E-state index contributed by atoms with van der Waals surface area (Å²) in [4.78, 5) is 25.0. The van der Waals surface area contributed by atoms with Gasteiger partial charge in [-0.3, -0.25) is 9.69 Å². The van der Waals surface area contributed by atoms with E-state index in [1.54, 1.807) is 23.7 Å². The Morgan fingerprint density at radius 3 is 3.00 bits per heavy atom. The van der Waals surface area contributed by atoms with Crippen LogP contribution < -0.4 is 0 Å². The minimum atomic E-state index is 0.142. The second-order valence-electron chi connectivity index (χ2n) is 5.29. The highest BCUT2D eigenvalue weighted by Crippen LogP contribution is 2.19. The van der Waals surface area contributed by atoms with Crippen molar-refractivity contribution in [3.05, 3.63) is 46.7 Å². The summed E-state index contributed by atoms with van der Waals surface area (Å²) in [5.74, 6) is 0.964. The lowest BCUT2D eigenvalue weighted by atomic mass is 10.2. The summed E-state index contributed by atoms with van der Waals surface area (Å²) >= 11 is 1.56. The van der Waals surface area contributed by atoms with Gasteiger partial charge in [-0.2, -0.15) is 11.3 Å². The molecule has 0 saturated carbocycles. The molecule has 0 N–H and O–H groups in total. The van der Waals surface area contributed by atoms with Gasteiger partial charge in [-0.25, -0.2) is 9.97 Å². The van der Waals surface area contributed by atoms with Gasteiger partial charge in [0.2, 0.25) is 0 Å². The summed E-state index contributed by atoms with van der Waals surface area (Å²) in [5.41, 5.74) is 0.801. The summed E-state index contributed by atoms with van der Waals surface area (Å²) < 4.78 is 0. The SMILES string of the molecule is CN(Cc1ncccn1)[C@@H]1CCN(C(=O)c2ccsc2)C1. The number of rotatable bonds is 4. The molecule has 2 aromatic heterocycles. The first-order valence-corrected chi connectivity index (χ1v) is 7.96. The fourth-order valence-corrected chi connectivity index (χ4v) is 3.25. The van der Waals surface area contributed by atoms with Gasteiger partial charge in [-0.05, 0) is 31.0 Å². The zero-order chi connectivity index (χ0) is 14.7. The van der Waals surface area contributed by atoms with Crippen LogP contribution in [0.5, 0.6) is 0 Å². The molecule has 0 aliphatic carbocycles. The smallest absolute Gasteiger partial charge is 0.254 e. The van der Waals surface area contributed by atoms with Crippen LogP contribution in [0, 0.1) is 0 Å². The predicted molar refractivity (Wildman–Crippen MR) is 82.1 cm³/mol. The van der Waals surface area contributed by atoms with Crippen molar-refractivity contribution in [2.24, 2.45) is 0 Å². The molecule has 0 unspecified atom stereocenters. The third kappa shape index (κ3) is 3.28. The Hall–Kier alpha value is -1.79. The van der Waals surface area contributed by atoms with Crippen molar-refractivity contribution in [3.8, 4) is 0 Å². The average Bonchev–Trinajstić information content (AvgIpc) is 3.19. The molecule has 1 saturated heterocycles. The first kappa shape index (κ1) is 14.2. The number of likely N-dealkylation sites (tertiary alicyclic amines) is 1. The topological polar surface area (TPSA) is 49.3 Å². The van der Waals surface area contributed by atoms with E-state index in [0.29, 0.717) is 12.6 Å². The molecule has 110 valence electrons. The van der Waals surface area contributed by atoms with Gasteiger partial charge in [-0.1, -0.05) is 0 Å². The number of carbonyl (C=O) groups is 1. The standard InChI is InChI=1S/C15H18N4OS/c1-18(10-14-16-5-2-6-17-14)13-3-7-19(9-13)15(20)12-4-8-21-11-12/h2,4-6,8,11,13H,3,7,9-10H2,1H3/t13-/m1/s1. The molecule has 0 radical (unpaired) electrons. The van der Waals surface area contributed by atoms with E-state index in [4.69, 9.17) is 0 Å². The number of likely N-dealkylation sites (N-methyl/N-ethyl adjacent to an activating group) is 1. The molecule has 1 aliphatic heterocycles. The summed E-state index contributed by atoms with van der Waals surface area (Å²) in [5, 5.41) is 3.86. The van der Waals surface area contributed by atoms with Crippen LogP contribution in [0.3, 0.4) is 0 Å². The van der Waals surface area contributed by atoms with Crippen LogP contribution in [0.4, 0.5) is 0 Å². The predicted octanol–water partition coefficient (Wildman–Crippen LogP) is 1.88. The van der Waals surface area contributed by atoms with E-state index in [0.717, 1.165) is 30.9 Å². The van der Waals surface area contributed by atoms with E-state index in [1.807, 2.05) is 27.8 Å². The van der Waals surface area contributed by atoms with E-state index in [1.165, 1.54) is 0 Å². The van der Waals surface area contributed by atoms with Crippen LogP contribution >= 0.6 is 11.3 Å². The fraction of sp³-hybridized carbons (Fsp3) is 0.400. The fourth-order valence-electron chi connectivity index (χ4n) is 2.62. The normalized spacial score (nSPS) is 18.4. The Bertz CT molecular complexity index is 587. The summed E-state index contributed by atoms with van der Waals surface area (Å²) in [6.07, 6.45) is 4.52. The number of carbonyl (C=O) groups excluding carboxylic acids is 1. The number of hydrogen-bond acceptors (Lipinski definition) is 5. The van der Waals surface area contributed by atoms with Gasteiger partial charge in [0.05, 0.1) is 12.1 Å². The molecule has 0 aromatic carbocycles. The van der Waals surface area contributed by atoms with E-state index in [2.05, 4.69) is 21.9 Å².